The molecular weight excluding hydrogens is 216 g/mol. The minimum absolute atomic E-state index is 0.0501. The molecule has 15 heavy (non-hydrogen) atoms. The van der Waals surface area contributed by atoms with Crippen LogP contribution in [-0.2, 0) is 14.8 Å². The molecule has 0 saturated carbocycles. The summed E-state index contributed by atoms with van der Waals surface area (Å²) in [7, 11) is -1.64. The summed E-state index contributed by atoms with van der Waals surface area (Å²) in [6.45, 7) is 2.80. The Morgan fingerprint density at radius 1 is 1.40 bits per heavy atom. The number of hydrogen-bond acceptors (Lipinski definition) is 4. The van der Waals surface area contributed by atoms with Gasteiger partial charge in [-0.25, -0.2) is 13.1 Å². The van der Waals surface area contributed by atoms with Crippen LogP contribution in [0, 0.1) is 5.92 Å². The Hall–Kier alpha value is -0.170. The van der Waals surface area contributed by atoms with Gasteiger partial charge in [0.1, 0.15) is 0 Å². The second-order valence-corrected chi connectivity index (χ2v) is 5.78. The molecule has 0 aromatic rings. The van der Waals surface area contributed by atoms with Gasteiger partial charge in [0.15, 0.2) is 0 Å². The highest BCUT2D eigenvalue weighted by Crippen LogP contribution is 2.10. The van der Waals surface area contributed by atoms with Crippen LogP contribution in [0.1, 0.15) is 12.8 Å². The molecule has 0 spiro atoms. The molecule has 2 N–H and O–H groups in total. The number of ether oxygens (including phenoxy) is 1. The number of sulfonamides is 1. The van der Waals surface area contributed by atoms with Gasteiger partial charge in [0.25, 0.3) is 0 Å². The Bertz CT molecular complexity index is 261. The molecule has 5 nitrogen and oxygen atoms in total. The van der Waals surface area contributed by atoms with Crippen LogP contribution < -0.4 is 10.0 Å². The lowest BCUT2D eigenvalue weighted by molar-refractivity contribution is 0.216. The number of piperidine rings is 1. The Morgan fingerprint density at radius 2 is 2.07 bits per heavy atom. The lowest BCUT2D eigenvalue weighted by atomic mass is 9.99. The highest BCUT2D eigenvalue weighted by Gasteiger charge is 2.16. The van der Waals surface area contributed by atoms with Gasteiger partial charge in [0.2, 0.25) is 10.0 Å². The molecule has 6 heteroatoms. The van der Waals surface area contributed by atoms with E-state index in [0.29, 0.717) is 12.5 Å². The van der Waals surface area contributed by atoms with Crippen LogP contribution in [0.2, 0.25) is 0 Å². The van der Waals surface area contributed by atoms with Crippen LogP contribution in [0.4, 0.5) is 0 Å². The van der Waals surface area contributed by atoms with Crippen LogP contribution in [0.3, 0.4) is 0 Å². The molecule has 1 aliphatic rings. The molecule has 0 bridgehead atoms. The Kier molecular flexibility index (Phi) is 5.52. The zero-order valence-electron chi connectivity index (χ0n) is 9.16. The molecule has 1 aliphatic heterocycles. The molecule has 0 aromatic carbocycles. The molecule has 90 valence electrons. The van der Waals surface area contributed by atoms with Crippen molar-refractivity contribution < 1.29 is 13.2 Å². The molecule has 0 aliphatic carbocycles. The van der Waals surface area contributed by atoms with Gasteiger partial charge in [-0.3, -0.25) is 0 Å². The first-order chi connectivity index (χ1) is 7.14. The van der Waals surface area contributed by atoms with E-state index in [9.17, 15) is 8.42 Å². The number of hydrogen-bond donors (Lipinski definition) is 2. The van der Waals surface area contributed by atoms with Crippen molar-refractivity contribution >= 4 is 10.0 Å². The van der Waals surface area contributed by atoms with Gasteiger partial charge in [-0.05, 0) is 31.8 Å². The van der Waals surface area contributed by atoms with Gasteiger partial charge in [0.05, 0.1) is 12.4 Å². The van der Waals surface area contributed by atoms with Crippen molar-refractivity contribution in [3.8, 4) is 0 Å². The maximum atomic E-state index is 11.4. The second-order valence-electron chi connectivity index (χ2n) is 3.85. The van der Waals surface area contributed by atoms with E-state index in [0.717, 1.165) is 25.9 Å². The van der Waals surface area contributed by atoms with Gasteiger partial charge in [0, 0.05) is 13.7 Å². The van der Waals surface area contributed by atoms with Crippen molar-refractivity contribution in [3.05, 3.63) is 0 Å². The van der Waals surface area contributed by atoms with Crippen LogP contribution in [0.25, 0.3) is 0 Å². The molecule has 1 rings (SSSR count). The Labute approximate surface area is 91.6 Å². The fourth-order valence-electron chi connectivity index (χ4n) is 1.60. The summed E-state index contributed by atoms with van der Waals surface area (Å²) in [5.74, 6) is 0.526. The van der Waals surface area contributed by atoms with Gasteiger partial charge in [-0.1, -0.05) is 0 Å². The van der Waals surface area contributed by atoms with Gasteiger partial charge >= 0.3 is 0 Å². The fourth-order valence-corrected chi connectivity index (χ4v) is 2.62. The minimum Gasteiger partial charge on any atom is -0.384 e. The molecule has 1 heterocycles. The van der Waals surface area contributed by atoms with E-state index in [1.165, 1.54) is 7.11 Å². The minimum atomic E-state index is -3.14. The Morgan fingerprint density at radius 3 is 2.67 bits per heavy atom. The van der Waals surface area contributed by atoms with E-state index in [1.807, 2.05) is 0 Å². The number of methoxy groups -OCH3 is 1. The summed E-state index contributed by atoms with van der Waals surface area (Å²) in [5, 5.41) is 3.25. The van der Waals surface area contributed by atoms with E-state index in [-0.39, 0.29) is 12.4 Å². The summed E-state index contributed by atoms with van der Waals surface area (Å²) in [4.78, 5) is 0. The summed E-state index contributed by atoms with van der Waals surface area (Å²) in [5.41, 5.74) is 0. The van der Waals surface area contributed by atoms with E-state index in [2.05, 4.69) is 10.0 Å². The summed E-state index contributed by atoms with van der Waals surface area (Å²) in [6.07, 6.45) is 2.10. The van der Waals surface area contributed by atoms with Gasteiger partial charge in [-0.2, -0.15) is 0 Å². The predicted octanol–water partition coefficient (Wildman–Crippen LogP) is -0.448. The maximum Gasteiger partial charge on any atom is 0.213 e. The lowest BCUT2D eigenvalue weighted by Crippen LogP contribution is -2.37. The van der Waals surface area contributed by atoms with E-state index in [4.69, 9.17) is 4.74 Å². The Balaban J connectivity index is 2.22. The average Bonchev–Trinajstić information content (AvgIpc) is 2.25. The van der Waals surface area contributed by atoms with Crippen LogP contribution in [-0.4, -0.2) is 47.5 Å². The molecule has 0 amide bonds. The van der Waals surface area contributed by atoms with Crippen molar-refractivity contribution in [1.82, 2.24) is 10.0 Å². The average molecular weight is 236 g/mol. The van der Waals surface area contributed by atoms with Crippen LogP contribution in [0.5, 0.6) is 0 Å². The highest BCUT2D eigenvalue weighted by atomic mass is 32.2. The maximum absolute atomic E-state index is 11.4. The molecule has 1 saturated heterocycles. The third kappa shape index (κ3) is 5.46. The molecule has 0 atom stereocenters. The number of rotatable bonds is 6. The molecular formula is C9H20N2O3S. The summed E-state index contributed by atoms with van der Waals surface area (Å²) in [6, 6.07) is 0. The summed E-state index contributed by atoms with van der Waals surface area (Å²) < 4.78 is 30.2. The topological polar surface area (TPSA) is 67.4 Å². The van der Waals surface area contributed by atoms with Crippen molar-refractivity contribution in [2.45, 2.75) is 12.8 Å². The standard InChI is InChI=1S/C9H20N2O3S/c1-14-6-7-15(12,13)11-8-9-2-4-10-5-3-9/h9-11H,2-8H2,1H3. The van der Waals surface area contributed by atoms with Gasteiger partial charge < -0.3 is 10.1 Å². The first kappa shape index (κ1) is 12.9. The molecule has 1 fully saturated rings. The second kappa shape index (κ2) is 6.42. The molecule has 0 radical (unpaired) electrons. The number of nitrogens with one attached hydrogen (secondary N) is 2. The first-order valence-corrected chi connectivity index (χ1v) is 6.96. The van der Waals surface area contributed by atoms with E-state index >= 15 is 0 Å². The largest absolute Gasteiger partial charge is 0.384 e. The zero-order valence-corrected chi connectivity index (χ0v) is 9.98. The first-order valence-electron chi connectivity index (χ1n) is 5.31. The normalized spacial score (nSPS) is 19.3. The van der Waals surface area contributed by atoms with Gasteiger partial charge in [-0.15, -0.1) is 0 Å². The van der Waals surface area contributed by atoms with Crippen LogP contribution >= 0.6 is 0 Å². The fraction of sp³-hybridized carbons (Fsp3) is 1.00. The van der Waals surface area contributed by atoms with Crippen molar-refractivity contribution in [3.63, 3.8) is 0 Å². The molecule has 0 aromatic heterocycles. The predicted molar refractivity (Wildman–Crippen MR) is 59.3 cm³/mol. The quantitative estimate of drug-likeness (QED) is 0.655. The third-order valence-corrected chi connectivity index (χ3v) is 3.92. The van der Waals surface area contributed by atoms with Crippen molar-refractivity contribution in [2.24, 2.45) is 5.92 Å². The van der Waals surface area contributed by atoms with Crippen LogP contribution in [0.15, 0.2) is 0 Å². The lowest BCUT2D eigenvalue weighted by Gasteiger charge is -2.22. The smallest absolute Gasteiger partial charge is 0.213 e. The van der Waals surface area contributed by atoms with E-state index < -0.39 is 10.0 Å². The molecule has 0 unspecified atom stereocenters. The van der Waals surface area contributed by atoms with Crippen molar-refractivity contribution in [2.75, 3.05) is 39.1 Å². The van der Waals surface area contributed by atoms with E-state index in [1.54, 1.807) is 0 Å². The van der Waals surface area contributed by atoms with Crippen molar-refractivity contribution in [1.29, 1.82) is 0 Å². The SMILES string of the molecule is COCCS(=O)(=O)NCC1CCNCC1. The monoisotopic (exact) mass is 236 g/mol. The summed E-state index contributed by atoms with van der Waals surface area (Å²) >= 11 is 0. The highest BCUT2D eigenvalue weighted by molar-refractivity contribution is 7.89. The zero-order chi connectivity index (χ0) is 11.1. The third-order valence-electron chi connectivity index (χ3n) is 2.61.